The number of hydrogen-bond donors (Lipinski definition) is 2. The van der Waals surface area contributed by atoms with E-state index in [1.165, 1.54) is 6.07 Å². The van der Waals surface area contributed by atoms with Gasteiger partial charge < -0.3 is 15.5 Å². The monoisotopic (exact) mass is 423 g/mol. The van der Waals surface area contributed by atoms with Crippen molar-refractivity contribution in [2.45, 2.75) is 6.42 Å². The summed E-state index contributed by atoms with van der Waals surface area (Å²) < 4.78 is 26.2. The van der Waals surface area contributed by atoms with Gasteiger partial charge in [0.15, 0.2) is 11.6 Å². The van der Waals surface area contributed by atoms with Crippen LogP contribution in [0.3, 0.4) is 0 Å². The van der Waals surface area contributed by atoms with E-state index in [2.05, 4.69) is 10.6 Å². The maximum absolute atomic E-state index is 13.2. The van der Waals surface area contributed by atoms with Gasteiger partial charge in [-0.2, -0.15) is 0 Å². The topological polar surface area (TPSA) is 78.5 Å². The molecule has 3 amide bonds. The highest BCUT2D eigenvalue weighted by molar-refractivity contribution is 6.07. The fraction of sp³-hybridized carbons (Fsp3) is 0.174. The highest BCUT2D eigenvalue weighted by Gasteiger charge is 2.35. The van der Waals surface area contributed by atoms with Crippen LogP contribution in [0.15, 0.2) is 60.7 Å². The summed E-state index contributed by atoms with van der Waals surface area (Å²) in [5.41, 5.74) is 0.825. The lowest BCUT2D eigenvalue weighted by Crippen LogP contribution is -2.38. The molecule has 1 fully saturated rings. The van der Waals surface area contributed by atoms with E-state index >= 15 is 0 Å². The Labute approximate surface area is 176 Å². The number of carbonyl (C=O) groups excluding carboxylic acids is 3. The minimum absolute atomic E-state index is 0.0415. The molecule has 1 aliphatic rings. The summed E-state index contributed by atoms with van der Waals surface area (Å²) in [7, 11) is 0. The molecule has 0 aliphatic carbocycles. The Morgan fingerprint density at radius 2 is 1.77 bits per heavy atom. The average molecular weight is 423 g/mol. The van der Waals surface area contributed by atoms with Gasteiger partial charge in [-0.25, -0.2) is 8.78 Å². The minimum atomic E-state index is -1.08. The van der Waals surface area contributed by atoms with Gasteiger partial charge in [0.05, 0.1) is 18.2 Å². The standard InChI is InChI=1S/C23H19F2N3O3/c24-18-9-8-16(11-19(18)25)27-21(29)12-26-23(31)15-10-22(30)28(13-15)20-7-3-5-14-4-1-2-6-17(14)20/h1-9,11,15H,10,12-13H2,(H,26,31)(H,27,29)/t15-/m0/s1. The second-order valence-electron chi connectivity index (χ2n) is 7.30. The van der Waals surface area contributed by atoms with Crippen molar-refractivity contribution >= 4 is 39.9 Å². The molecular formula is C23H19F2N3O3. The molecule has 8 heteroatoms. The molecular weight excluding hydrogens is 404 g/mol. The zero-order valence-electron chi connectivity index (χ0n) is 16.4. The van der Waals surface area contributed by atoms with Gasteiger partial charge >= 0.3 is 0 Å². The number of carbonyl (C=O) groups is 3. The smallest absolute Gasteiger partial charge is 0.243 e. The molecule has 0 radical (unpaired) electrons. The van der Waals surface area contributed by atoms with E-state index in [0.29, 0.717) is 0 Å². The van der Waals surface area contributed by atoms with E-state index in [0.717, 1.165) is 28.6 Å². The molecule has 158 valence electrons. The zero-order chi connectivity index (χ0) is 22.0. The van der Waals surface area contributed by atoms with Crippen LogP contribution >= 0.6 is 0 Å². The van der Waals surface area contributed by atoms with Gasteiger partial charge in [0.1, 0.15) is 0 Å². The lowest BCUT2D eigenvalue weighted by atomic mass is 10.1. The molecule has 1 aliphatic heterocycles. The number of anilines is 2. The van der Waals surface area contributed by atoms with Crippen molar-refractivity contribution in [3.63, 3.8) is 0 Å². The number of nitrogens with zero attached hydrogens (tertiary/aromatic N) is 1. The van der Waals surface area contributed by atoms with Crippen molar-refractivity contribution in [3.05, 3.63) is 72.3 Å². The predicted molar refractivity (Wildman–Crippen MR) is 112 cm³/mol. The normalized spacial score (nSPS) is 15.9. The first-order valence-corrected chi connectivity index (χ1v) is 9.73. The second-order valence-corrected chi connectivity index (χ2v) is 7.30. The molecule has 0 bridgehead atoms. The summed E-state index contributed by atoms with van der Waals surface area (Å²) in [6.07, 6.45) is 0.0415. The Morgan fingerprint density at radius 3 is 2.58 bits per heavy atom. The van der Waals surface area contributed by atoms with Crippen molar-refractivity contribution in [1.82, 2.24) is 5.32 Å². The number of halogens is 2. The SMILES string of the molecule is O=C(CNC(=O)[C@H]1CC(=O)N(c2cccc3ccccc23)C1)Nc1ccc(F)c(F)c1. The number of fused-ring (bicyclic) bond motifs is 1. The number of rotatable bonds is 5. The van der Waals surface area contributed by atoms with Gasteiger partial charge in [-0.15, -0.1) is 0 Å². The largest absolute Gasteiger partial charge is 0.347 e. The van der Waals surface area contributed by atoms with Gasteiger partial charge in [0, 0.05) is 30.1 Å². The van der Waals surface area contributed by atoms with Crippen molar-refractivity contribution in [2.24, 2.45) is 5.92 Å². The fourth-order valence-corrected chi connectivity index (χ4v) is 3.65. The molecule has 1 saturated heterocycles. The van der Waals surface area contributed by atoms with Crippen LogP contribution in [-0.2, 0) is 14.4 Å². The molecule has 31 heavy (non-hydrogen) atoms. The summed E-state index contributed by atoms with van der Waals surface area (Å²) in [6, 6.07) is 16.3. The number of hydrogen-bond acceptors (Lipinski definition) is 3. The maximum Gasteiger partial charge on any atom is 0.243 e. The van der Waals surface area contributed by atoms with E-state index < -0.39 is 29.4 Å². The third-order valence-electron chi connectivity index (χ3n) is 5.18. The average Bonchev–Trinajstić information content (AvgIpc) is 3.15. The molecule has 3 aromatic rings. The Hall–Kier alpha value is -3.81. The Morgan fingerprint density at radius 1 is 1.00 bits per heavy atom. The van der Waals surface area contributed by atoms with Crippen LogP contribution < -0.4 is 15.5 Å². The number of benzene rings is 3. The van der Waals surface area contributed by atoms with Gasteiger partial charge in [-0.3, -0.25) is 14.4 Å². The van der Waals surface area contributed by atoms with Crippen LogP contribution in [0.25, 0.3) is 10.8 Å². The Kier molecular flexibility index (Phi) is 5.62. The first-order chi connectivity index (χ1) is 14.9. The minimum Gasteiger partial charge on any atom is -0.347 e. The van der Waals surface area contributed by atoms with E-state index in [-0.39, 0.29) is 31.1 Å². The van der Waals surface area contributed by atoms with E-state index in [1.54, 1.807) is 4.90 Å². The van der Waals surface area contributed by atoms with Crippen molar-refractivity contribution < 1.29 is 23.2 Å². The van der Waals surface area contributed by atoms with E-state index in [9.17, 15) is 23.2 Å². The molecule has 2 N–H and O–H groups in total. The Bertz CT molecular complexity index is 1180. The lowest BCUT2D eigenvalue weighted by Gasteiger charge is -2.19. The molecule has 3 aromatic carbocycles. The van der Waals surface area contributed by atoms with Crippen LogP contribution in [0.2, 0.25) is 0 Å². The Balaban J connectivity index is 1.37. The highest BCUT2D eigenvalue weighted by atomic mass is 19.2. The van der Waals surface area contributed by atoms with Crippen molar-refractivity contribution in [2.75, 3.05) is 23.3 Å². The van der Waals surface area contributed by atoms with E-state index in [1.807, 2.05) is 42.5 Å². The summed E-state index contributed by atoms with van der Waals surface area (Å²) in [6.45, 7) is -0.139. The molecule has 0 spiro atoms. The van der Waals surface area contributed by atoms with Gasteiger partial charge in [-0.05, 0) is 23.6 Å². The van der Waals surface area contributed by atoms with Gasteiger partial charge in [0.25, 0.3) is 0 Å². The van der Waals surface area contributed by atoms with Crippen LogP contribution in [0.5, 0.6) is 0 Å². The second kappa shape index (κ2) is 8.51. The van der Waals surface area contributed by atoms with Crippen LogP contribution in [-0.4, -0.2) is 30.8 Å². The summed E-state index contributed by atoms with van der Waals surface area (Å²) in [5, 5.41) is 6.80. The van der Waals surface area contributed by atoms with Gasteiger partial charge in [-0.1, -0.05) is 36.4 Å². The maximum atomic E-state index is 13.2. The van der Waals surface area contributed by atoms with Gasteiger partial charge in [0.2, 0.25) is 17.7 Å². The number of nitrogens with one attached hydrogen (secondary N) is 2. The van der Waals surface area contributed by atoms with Crippen LogP contribution in [0.4, 0.5) is 20.2 Å². The molecule has 4 rings (SSSR count). The third kappa shape index (κ3) is 4.37. The lowest BCUT2D eigenvalue weighted by molar-refractivity contribution is -0.127. The van der Waals surface area contributed by atoms with Crippen LogP contribution in [0.1, 0.15) is 6.42 Å². The molecule has 0 aromatic heterocycles. The zero-order valence-corrected chi connectivity index (χ0v) is 16.4. The third-order valence-corrected chi connectivity index (χ3v) is 5.18. The van der Waals surface area contributed by atoms with Crippen LogP contribution in [0, 0.1) is 17.6 Å². The highest BCUT2D eigenvalue weighted by Crippen LogP contribution is 2.31. The van der Waals surface area contributed by atoms with Crippen molar-refractivity contribution in [1.29, 1.82) is 0 Å². The summed E-state index contributed by atoms with van der Waals surface area (Å²) in [4.78, 5) is 38.7. The fourth-order valence-electron chi connectivity index (χ4n) is 3.65. The predicted octanol–water partition coefficient (Wildman–Crippen LogP) is 3.23. The molecule has 1 atom stereocenters. The number of amides is 3. The first kappa shape index (κ1) is 20.5. The quantitative estimate of drug-likeness (QED) is 0.662. The van der Waals surface area contributed by atoms with Crippen molar-refractivity contribution in [3.8, 4) is 0 Å². The molecule has 6 nitrogen and oxygen atoms in total. The first-order valence-electron chi connectivity index (χ1n) is 9.73. The summed E-state index contributed by atoms with van der Waals surface area (Å²) in [5.74, 6) is -3.87. The molecule has 1 heterocycles. The summed E-state index contributed by atoms with van der Waals surface area (Å²) >= 11 is 0. The molecule has 0 unspecified atom stereocenters. The molecule has 0 saturated carbocycles. The van der Waals surface area contributed by atoms with E-state index in [4.69, 9.17) is 0 Å².